The first-order valence-electron chi connectivity index (χ1n) is 5.90. The van der Waals surface area contributed by atoms with E-state index in [1.165, 1.54) is 26.4 Å². The SMILES string of the molecule is Cc1ccc(-c2ccc(-c3ccncc3)s2)cc1. The highest BCUT2D eigenvalue weighted by atomic mass is 32.1. The summed E-state index contributed by atoms with van der Waals surface area (Å²) in [6, 6.07) is 17.1. The fourth-order valence-electron chi connectivity index (χ4n) is 1.88. The van der Waals surface area contributed by atoms with Gasteiger partial charge in [0.15, 0.2) is 0 Å². The summed E-state index contributed by atoms with van der Waals surface area (Å²) < 4.78 is 0. The van der Waals surface area contributed by atoms with E-state index in [0.29, 0.717) is 0 Å². The van der Waals surface area contributed by atoms with Crippen LogP contribution >= 0.6 is 11.3 Å². The van der Waals surface area contributed by atoms with Gasteiger partial charge >= 0.3 is 0 Å². The van der Waals surface area contributed by atoms with Crippen LogP contribution in [0.15, 0.2) is 60.9 Å². The van der Waals surface area contributed by atoms with Gasteiger partial charge in [0, 0.05) is 22.1 Å². The second-order valence-corrected chi connectivity index (χ2v) is 5.35. The minimum Gasteiger partial charge on any atom is -0.265 e. The number of aromatic nitrogens is 1. The second kappa shape index (κ2) is 4.75. The molecule has 0 spiro atoms. The molecule has 0 aliphatic carbocycles. The smallest absolute Gasteiger partial charge is 0.0350 e. The highest BCUT2D eigenvalue weighted by Crippen LogP contribution is 2.34. The van der Waals surface area contributed by atoms with Gasteiger partial charge in [0.25, 0.3) is 0 Å². The summed E-state index contributed by atoms with van der Waals surface area (Å²) in [6.45, 7) is 2.11. The van der Waals surface area contributed by atoms with Gasteiger partial charge in [-0.25, -0.2) is 0 Å². The standard InChI is InChI=1S/C16H13NS/c1-12-2-4-13(5-3-12)15-6-7-16(18-15)14-8-10-17-11-9-14/h2-11H,1H3. The highest BCUT2D eigenvalue weighted by molar-refractivity contribution is 7.18. The number of pyridine rings is 1. The zero-order chi connectivity index (χ0) is 12.4. The van der Waals surface area contributed by atoms with Gasteiger partial charge in [-0.3, -0.25) is 4.98 Å². The maximum Gasteiger partial charge on any atom is 0.0350 e. The topological polar surface area (TPSA) is 12.9 Å². The number of benzene rings is 1. The number of thiophene rings is 1. The van der Waals surface area contributed by atoms with Crippen molar-refractivity contribution < 1.29 is 0 Å². The largest absolute Gasteiger partial charge is 0.265 e. The zero-order valence-corrected chi connectivity index (χ0v) is 10.9. The van der Waals surface area contributed by atoms with Gasteiger partial charge in [0.1, 0.15) is 0 Å². The summed E-state index contributed by atoms with van der Waals surface area (Å²) in [5, 5.41) is 0. The fraction of sp³-hybridized carbons (Fsp3) is 0.0625. The number of hydrogen-bond acceptors (Lipinski definition) is 2. The molecule has 0 bridgehead atoms. The van der Waals surface area contributed by atoms with E-state index in [1.54, 1.807) is 0 Å². The van der Waals surface area contributed by atoms with Crippen molar-refractivity contribution in [3.63, 3.8) is 0 Å². The van der Waals surface area contributed by atoms with Gasteiger partial charge in [0.05, 0.1) is 0 Å². The Morgan fingerprint density at radius 1 is 0.722 bits per heavy atom. The summed E-state index contributed by atoms with van der Waals surface area (Å²) in [7, 11) is 0. The maximum absolute atomic E-state index is 4.05. The summed E-state index contributed by atoms with van der Waals surface area (Å²) in [4.78, 5) is 6.64. The molecule has 0 saturated carbocycles. The molecule has 0 amide bonds. The first-order valence-corrected chi connectivity index (χ1v) is 6.72. The second-order valence-electron chi connectivity index (χ2n) is 4.27. The van der Waals surface area contributed by atoms with Crippen LogP contribution in [0, 0.1) is 6.92 Å². The molecule has 0 saturated heterocycles. The third-order valence-corrected chi connectivity index (χ3v) is 4.09. The van der Waals surface area contributed by atoms with E-state index >= 15 is 0 Å². The normalized spacial score (nSPS) is 10.5. The fourth-order valence-corrected chi connectivity index (χ4v) is 2.90. The van der Waals surface area contributed by atoms with Crippen LogP contribution in [0.4, 0.5) is 0 Å². The molecule has 88 valence electrons. The molecule has 0 unspecified atom stereocenters. The Hall–Kier alpha value is -1.93. The third kappa shape index (κ3) is 2.20. The molecule has 0 aliphatic heterocycles. The molecular formula is C16H13NS. The highest BCUT2D eigenvalue weighted by Gasteiger charge is 2.04. The van der Waals surface area contributed by atoms with E-state index in [2.05, 4.69) is 48.3 Å². The number of nitrogens with zero attached hydrogens (tertiary/aromatic N) is 1. The lowest BCUT2D eigenvalue weighted by Crippen LogP contribution is -1.73. The Morgan fingerprint density at radius 3 is 1.89 bits per heavy atom. The first kappa shape index (κ1) is 11.2. The molecule has 2 heterocycles. The molecule has 18 heavy (non-hydrogen) atoms. The Kier molecular flexibility index (Phi) is 2.95. The van der Waals surface area contributed by atoms with E-state index in [4.69, 9.17) is 0 Å². The molecule has 2 aromatic heterocycles. The Morgan fingerprint density at radius 2 is 1.28 bits per heavy atom. The van der Waals surface area contributed by atoms with E-state index in [-0.39, 0.29) is 0 Å². The van der Waals surface area contributed by atoms with Crippen molar-refractivity contribution in [2.45, 2.75) is 6.92 Å². The molecule has 0 fully saturated rings. The number of hydrogen-bond donors (Lipinski definition) is 0. The van der Waals surface area contributed by atoms with Crippen LogP contribution in [0.3, 0.4) is 0 Å². The third-order valence-electron chi connectivity index (χ3n) is 2.91. The Balaban J connectivity index is 1.97. The van der Waals surface area contributed by atoms with Crippen LogP contribution in [-0.2, 0) is 0 Å². The summed E-state index contributed by atoms with van der Waals surface area (Å²) in [5.41, 5.74) is 3.81. The lowest BCUT2D eigenvalue weighted by Gasteiger charge is -1.98. The first-order chi connectivity index (χ1) is 8.83. The van der Waals surface area contributed by atoms with Crippen molar-refractivity contribution in [3.05, 3.63) is 66.5 Å². The van der Waals surface area contributed by atoms with Gasteiger partial charge in [-0.15, -0.1) is 11.3 Å². The van der Waals surface area contributed by atoms with Crippen LogP contribution in [0.1, 0.15) is 5.56 Å². The van der Waals surface area contributed by atoms with Gasteiger partial charge in [-0.1, -0.05) is 29.8 Å². The Bertz CT molecular complexity index is 638. The van der Waals surface area contributed by atoms with E-state index in [9.17, 15) is 0 Å². The Labute approximate surface area is 111 Å². The van der Waals surface area contributed by atoms with Gasteiger partial charge < -0.3 is 0 Å². The van der Waals surface area contributed by atoms with Crippen molar-refractivity contribution in [2.24, 2.45) is 0 Å². The van der Waals surface area contributed by atoms with Gasteiger partial charge in [-0.2, -0.15) is 0 Å². The monoisotopic (exact) mass is 251 g/mol. The van der Waals surface area contributed by atoms with Crippen LogP contribution < -0.4 is 0 Å². The molecule has 3 aromatic rings. The predicted molar refractivity (Wildman–Crippen MR) is 77.7 cm³/mol. The van der Waals surface area contributed by atoms with Crippen LogP contribution in [-0.4, -0.2) is 4.98 Å². The van der Waals surface area contributed by atoms with Crippen molar-refractivity contribution in [3.8, 4) is 20.9 Å². The molecule has 0 atom stereocenters. The molecule has 0 radical (unpaired) electrons. The maximum atomic E-state index is 4.05. The van der Waals surface area contributed by atoms with Crippen molar-refractivity contribution in [1.29, 1.82) is 0 Å². The lowest BCUT2D eigenvalue weighted by atomic mass is 10.1. The van der Waals surface area contributed by atoms with Crippen LogP contribution in [0.2, 0.25) is 0 Å². The molecule has 3 rings (SSSR count). The van der Waals surface area contributed by atoms with Gasteiger partial charge in [-0.05, 0) is 42.3 Å². The average molecular weight is 251 g/mol. The van der Waals surface area contributed by atoms with E-state index in [1.807, 2.05) is 35.9 Å². The minimum absolute atomic E-state index is 1.23. The zero-order valence-electron chi connectivity index (χ0n) is 10.1. The summed E-state index contributed by atoms with van der Waals surface area (Å²) >= 11 is 1.82. The minimum atomic E-state index is 1.23. The van der Waals surface area contributed by atoms with Crippen LogP contribution in [0.25, 0.3) is 20.9 Å². The van der Waals surface area contributed by atoms with E-state index < -0.39 is 0 Å². The predicted octanol–water partition coefficient (Wildman–Crippen LogP) is 4.79. The molecular weight excluding hydrogens is 238 g/mol. The average Bonchev–Trinajstić information content (AvgIpc) is 2.90. The van der Waals surface area contributed by atoms with Crippen molar-refractivity contribution in [2.75, 3.05) is 0 Å². The summed E-state index contributed by atoms with van der Waals surface area (Å²) in [6.07, 6.45) is 3.67. The molecule has 1 nitrogen and oxygen atoms in total. The number of aryl methyl sites for hydroxylation is 1. The van der Waals surface area contributed by atoms with Gasteiger partial charge in [0.2, 0.25) is 0 Å². The molecule has 2 heteroatoms. The molecule has 0 aliphatic rings. The lowest BCUT2D eigenvalue weighted by molar-refractivity contribution is 1.33. The molecule has 1 aromatic carbocycles. The van der Waals surface area contributed by atoms with Crippen molar-refractivity contribution >= 4 is 11.3 Å². The quantitative estimate of drug-likeness (QED) is 0.638. The summed E-state index contributed by atoms with van der Waals surface area (Å²) in [5.74, 6) is 0. The molecule has 0 N–H and O–H groups in total. The van der Waals surface area contributed by atoms with Crippen molar-refractivity contribution in [1.82, 2.24) is 4.98 Å². The van der Waals surface area contributed by atoms with E-state index in [0.717, 1.165) is 0 Å². The van der Waals surface area contributed by atoms with Crippen LogP contribution in [0.5, 0.6) is 0 Å². The number of rotatable bonds is 2.